The van der Waals surface area contributed by atoms with Gasteiger partial charge < -0.3 is 4.84 Å². The van der Waals surface area contributed by atoms with Gasteiger partial charge in [0.2, 0.25) is 0 Å². The van der Waals surface area contributed by atoms with Crippen LogP contribution in [0.3, 0.4) is 0 Å². The maximum Gasteiger partial charge on any atom is 0.150 e. The van der Waals surface area contributed by atoms with Crippen LogP contribution in [0, 0.1) is 5.92 Å². The van der Waals surface area contributed by atoms with Gasteiger partial charge in [0, 0.05) is 23.3 Å². The van der Waals surface area contributed by atoms with E-state index < -0.39 is 5.92 Å². The average Bonchev–Trinajstić information content (AvgIpc) is 2.44. The fraction of sp³-hybridized carbons (Fsp3) is 0.824. The summed E-state index contributed by atoms with van der Waals surface area (Å²) in [6.07, 6.45) is 4.71. The molecule has 0 aromatic rings. The molecule has 5 heteroatoms. The van der Waals surface area contributed by atoms with Crippen molar-refractivity contribution in [1.29, 1.82) is 0 Å². The van der Waals surface area contributed by atoms with E-state index in [0.29, 0.717) is 36.8 Å². The first-order valence-corrected chi connectivity index (χ1v) is 9.37. The Morgan fingerprint density at radius 1 is 1.23 bits per heavy atom. The second kappa shape index (κ2) is 10.0. The summed E-state index contributed by atoms with van der Waals surface area (Å²) in [6, 6.07) is 0. The van der Waals surface area contributed by atoms with Crippen LogP contribution in [0.2, 0.25) is 0 Å². The Labute approximate surface area is 138 Å². The molecule has 1 rings (SSSR count). The standard InChI is InChI=1S/C17H29NO3S/c1-5-8-12(4)22-13-10-15(19)17(16(20)11-13)14(9-6-2)18-21-7-3/h12-13,17H,5-11H2,1-4H3. The largest absolute Gasteiger partial charge is 0.396 e. The zero-order valence-corrected chi connectivity index (χ0v) is 15.1. The van der Waals surface area contributed by atoms with Crippen molar-refractivity contribution < 1.29 is 14.4 Å². The second-order valence-electron chi connectivity index (χ2n) is 5.88. The van der Waals surface area contributed by atoms with Crippen molar-refractivity contribution in [1.82, 2.24) is 0 Å². The number of hydrogen-bond donors (Lipinski definition) is 0. The molecule has 0 saturated heterocycles. The molecule has 1 saturated carbocycles. The van der Waals surface area contributed by atoms with Gasteiger partial charge in [-0.25, -0.2) is 0 Å². The van der Waals surface area contributed by atoms with Crippen LogP contribution in [-0.4, -0.2) is 34.4 Å². The van der Waals surface area contributed by atoms with Gasteiger partial charge in [-0.2, -0.15) is 11.8 Å². The Morgan fingerprint density at radius 3 is 2.36 bits per heavy atom. The van der Waals surface area contributed by atoms with Crippen molar-refractivity contribution >= 4 is 29.0 Å². The molecule has 1 aliphatic carbocycles. The molecule has 1 atom stereocenters. The van der Waals surface area contributed by atoms with Crippen LogP contribution in [-0.2, 0) is 14.4 Å². The molecule has 0 bridgehead atoms. The van der Waals surface area contributed by atoms with Crippen molar-refractivity contribution in [2.24, 2.45) is 11.1 Å². The molecule has 4 nitrogen and oxygen atoms in total. The first kappa shape index (κ1) is 19.2. The third-order valence-electron chi connectivity index (χ3n) is 3.77. The van der Waals surface area contributed by atoms with Crippen molar-refractivity contribution in [3.05, 3.63) is 0 Å². The maximum atomic E-state index is 12.5. The zero-order valence-electron chi connectivity index (χ0n) is 14.3. The van der Waals surface area contributed by atoms with E-state index in [2.05, 4.69) is 19.0 Å². The fourth-order valence-electron chi connectivity index (χ4n) is 2.85. The summed E-state index contributed by atoms with van der Waals surface area (Å²) in [7, 11) is 0. The van der Waals surface area contributed by atoms with E-state index in [-0.39, 0.29) is 16.8 Å². The number of oxime groups is 1. The first-order chi connectivity index (χ1) is 10.5. The molecule has 0 radical (unpaired) electrons. The van der Waals surface area contributed by atoms with Gasteiger partial charge in [0.05, 0.1) is 5.71 Å². The molecule has 22 heavy (non-hydrogen) atoms. The van der Waals surface area contributed by atoms with E-state index in [9.17, 15) is 9.59 Å². The highest BCUT2D eigenvalue weighted by molar-refractivity contribution is 8.00. The normalized spacial score (nSPS) is 24.5. The Kier molecular flexibility index (Phi) is 8.76. The minimum atomic E-state index is -0.662. The monoisotopic (exact) mass is 327 g/mol. The number of ketones is 2. The highest BCUT2D eigenvalue weighted by atomic mass is 32.2. The molecule has 1 unspecified atom stereocenters. The highest BCUT2D eigenvalue weighted by Gasteiger charge is 2.39. The van der Waals surface area contributed by atoms with E-state index in [1.165, 1.54) is 0 Å². The van der Waals surface area contributed by atoms with Gasteiger partial charge in [0.1, 0.15) is 24.1 Å². The number of rotatable bonds is 9. The summed E-state index contributed by atoms with van der Waals surface area (Å²) in [4.78, 5) is 30.0. The van der Waals surface area contributed by atoms with Crippen LogP contribution in [0.5, 0.6) is 0 Å². The predicted octanol–water partition coefficient (Wildman–Crippen LogP) is 4.02. The molecule has 1 fully saturated rings. The van der Waals surface area contributed by atoms with Gasteiger partial charge in [-0.05, 0) is 19.8 Å². The topological polar surface area (TPSA) is 55.7 Å². The summed E-state index contributed by atoms with van der Waals surface area (Å²) in [5.74, 6) is -0.626. The van der Waals surface area contributed by atoms with E-state index in [4.69, 9.17) is 4.84 Å². The lowest BCUT2D eigenvalue weighted by Gasteiger charge is -2.28. The Balaban J connectivity index is 2.73. The van der Waals surface area contributed by atoms with Crippen molar-refractivity contribution in [3.63, 3.8) is 0 Å². The molecule has 0 spiro atoms. The summed E-state index contributed by atoms with van der Waals surface area (Å²) in [5.41, 5.74) is 0.615. The lowest BCUT2D eigenvalue weighted by molar-refractivity contribution is -0.132. The number of nitrogens with zero attached hydrogens (tertiary/aromatic N) is 1. The summed E-state index contributed by atoms with van der Waals surface area (Å²) < 4.78 is 0. The Hall–Kier alpha value is -0.840. The molecule has 126 valence electrons. The fourth-order valence-corrected chi connectivity index (χ4v) is 4.40. The van der Waals surface area contributed by atoms with Crippen LogP contribution in [0.15, 0.2) is 5.16 Å². The number of carbonyl (C=O) groups is 2. The Bertz CT molecular complexity index is 391. The lowest BCUT2D eigenvalue weighted by atomic mass is 9.82. The van der Waals surface area contributed by atoms with Crippen LogP contribution >= 0.6 is 11.8 Å². The number of Topliss-reactive ketones (excluding diaryl/α,β-unsaturated/α-hetero) is 2. The molecule has 0 aliphatic heterocycles. The summed E-state index contributed by atoms with van der Waals surface area (Å²) in [6.45, 7) is 8.65. The molecule has 1 aliphatic rings. The van der Waals surface area contributed by atoms with Crippen LogP contribution < -0.4 is 0 Å². The summed E-state index contributed by atoms with van der Waals surface area (Å²) >= 11 is 1.78. The molecular formula is C17H29NO3S. The first-order valence-electron chi connectivity index (χ1n) is 8.42. The molecule has 0 N–H and O–H groups in total. The second-order valence-corrected chi connectivity index (χ2v) is 7.63. The molecule has 0 amide bonds. The molecular weight excluding hydrogens is 298 g/mol. The van der Waals surface area contributed by atoms with Crippen molar-refractivity contribution in [2.45, 2.75) is 76.7 Å². The maximum absolute atomic E-state index is 12.5. The van der Waals surface area contributed by atoms with Crippen molar-refractivity contribution in [2.75, 3.05) is 6.61 Å². The molecule has 0 heterocycles. The van der Waals surface area contributed by atoms with Gasteiger partial charge in [-0.3, -0.25) is 9.59 Å². The van der Waals surface area contributed by atoms with E-state index in [0.717, 1.165) is 19.3 Å². The lowest BCUT2D eigenvalue weighted by Crippen LogP contribution is -2.40. The zero-order chi connectivity index (χ0) is 16.5. The van der Waals surface area contributed by atoms with E-state index in [1.807, 2.05) is 13.8 Å². The van der Waals surface area contributed by atoms with Gasteiger partial charge in [0.25, 0.3) is 0 Å². The van der Waals surface area contributed by atoms with Gasteiger partial charge >= 0.3 is 0 Å². The highest BCUT2D eigenvalue weighted by Crippen LogP contribution is 2.32. The van der Waals surface area contributed by atoms with E-state index >= 15 is 0 Å². The third kappa shape index (κ3) is 5.75. The van der Waals surface area contributed by atoms with Crippen LogP contribution in [0.1, 0.15) is 66.2 Å². The van der Waals surface area contributed by atoms with Crippen LogP contribution in [0.4, 0.5) is 0 Å². The average molecular weight is 327 g/mol. The van der Waals surface area contributed by atoms with E-state index in [1.54, 1.807) is 11.8 Å². The minimum absolute atomic E-state index is 0.0179. The Morgan fingerprint density at radius 2 is 1.86 bits per heavy atom. The SMILES string of the molecule is CCCC(=NOCC)C1C(=O)CC(SC(C)CCC)CC1=O. The molecule has 0 aromatic carbocycles. The summed E-state index contributed by atoms with van der Waals surface area (Å²) in [5, 5.41) is 4.67. The smallest absolute Gasteiger partial charge is 0.150 e. The quantitative estimate of drug-likeness (QED) is 0.365. The van der Waals surface area contributed by atoms with Gasteiger partial charge in [-0.1, -0.05) is 38.8 Å². The third-order valence-corrected chi connectivity index (χ3v) is 5.19. The number of hydrogen-bond acceptors (Lipinski definition) is 5. The predicted molar refractivity (Wildman–Crippen MR) is 92.5 cm³/mol. The minimum Gasteiger partial charge on any atom is -0.396 e. The van der Waals surface area contributed by atoms with Crippen LogP contribution in [0.25, 0.3) is 0 Å². The molecule has 0 aromatic heterocycles. The van der Waals surface area contributed by atoms with Gasteiger partial charge in [-0.15, -0.1) is 0 Å². The van der Waals surface area contributed by atoms with Crippen molar-refractivity contribution in [3.8, 4) is 0 Å². The number of thioether (sulfide) groups is 1. The van der Waals surface area contributed by atoms with Gasteiger partial charge in [0.15, 0.2) is 0 Å². The number of carbonyl (C=O) groups excluding carboxylic acids is 2.